The van der Waals surface area contributed by atoms with Crippen LogP contribution in [0.1, 0.15) is 28.4 Å². The maximum Gasteiger partial charge on any atom is 0.349 e. The lowest BCUT2D eigenvalue weighted by atomic mass is 10.0. The summed E-state index contributed by atoms with van der Waals surface area (Å²) in [6.07, 6.45) is 0. The van der Waals surface area contributed by atoms with Crippen molar-refractivity contribution < 1.29 is 23.5 Å². The fraction of sp³-hybridized carbons (Fsp3) is 0.190. The predicted molar refractivity (Wildman–Crippen MR) is 107 cm³/mol. The third-order valence-corrected chi connectivity index (χ3v) is 4.71. The molecule has 0 fully saturated rings. The highest BCUT2D eigenvalue weighted by molar-refractivity contribution is 9.10. The molecule has 3 rings (SSSR count). The Bertz CT molecular complexity index is 1150. The molecule has 3 aromatic rings. The fourth-order valence-electron chi connectivity index (χ4n) is 2.80. The molecule has 0 radical (unpaired) electrons. The summed E-state index contributed by atoms with van der Waals surface area (Å²) in [5.41, 5.74) is 1.27. The maximum absolute atomic E-state index is 12.2. The van der Waals surface area contributed by atoms with E-state index >= 15 is 0 Å². The molecule has 0 saturated heterocycles. The first-order valence-corrected chi connectivity index (χ1v) is 9.23. The van der Waals surface area contributed by atoms with Gasteiger partial charge in [-0.3, -0.25) is 4.79 Å². The third-order valence-electron chi connectivity index (χ3n) is 4.09. The summed E-state index contributed by atoms with van der Waals surface area (Å²) in [6, 6.07) is 9.94. The number of hydrogen-bond donors (Lipinski definition) is 0. The molecule has 0 bridgehead atoms. The van der Waals surface area contributed by atoms with Gasteiger partial charge in [-0.15, -0.1) is 0 Å². The third kappa shape index (κ3) is 4.14. The Labute approximate surface area is 169 Å². The van der Waals surface area contributed by atoms with E-state index in [0.717, 1.165) is 5.56 Å². The molecule has 0 saturated carbocycles. The number of rotatable bonds is 5. The largest absolute Gasteiger partial charge is 0.481 e. The summed E-state index contributed by atoms with van der Waals surface area (Å²) in [4.78, 5) is 36.1. The Morgan fingerprint density at radius 3 is 2.46 bits per heavy atom. The van der Waals surface area contributed by atoms with Gasteiger partial charge in [-0.1, -0.05) is 6.07 Å². The standard InChI is InChI=1S/C21H17BrO6/c1-11-4-6-16(15(22)8-11)26-10-19(25)27-17-7-5-14-12(2)9-18(24)28-21(14)20(17)13(3)23/h4-9H,10H2,1-3H3. The summed E-state index contributed by atoms with van der Waals surface area (Å²) in [7, 11) is 0. The number of esters is 1. The minimum absolute atomic E-state index is 0.0188. The molecule has 2 aromatic carbocycles. The number of halogens is 1. The Morgan fingerprint density at radius 1 is 1.07 bits per heavy atom. The van der Waals surface area contributed by atoms with Gasteiger partial charge in [-0.05, 0) is 72.1 Å². The van der Waals surface area contributed by atoms with Crippen molar-refractivity contribution in [2.24, 2.45) is 0 Å². The van der Waals surface area contributed by atoms with E-state index in [1.54, 1.807) is 19.1 Å². The van der Waals surface area contributed by atoms with E-state index in [1.165, 1.54) is 19.1 Å². The zero-order valence-corrected chi connectivity index (χ0v) is 17.1. The molecule has 144 valence electrons. The molecule has 28 heavy (non-hydrogen) atoms. The van der Waals surface area contributed by atoms with Crippen LogP contribution in [0.2, 0.25) is 0 Å². The summed E-state index contributed by atoms with van der Waals surface area (Å²) >= 11 is 3.37. The van der Waals surface area contributed by atoms with E-state index in [0.29, 0.717) is 21.2 Å². The summed E-state index contributed by atoms with van der Waals surface area (Å²) < 4.78 is 16.7. The van der Waals surface area contributed by atoms with Gasteiger partial charge < -0.3 is 13.9 Å². The zero-order valence-electron chi connectivity index (χ0n) is 15.5. The van der Waals surface area contributed by atoms with E-state index in [1.807, 2.05) is 19.1 Å². The lowest BCUT2D eigenvalue weighted by Crippen LogP contribution is -2.19. The van der Waals surface area contributed by atoms with Gasteiger partial charge in [0.15, 0.2) is 18.0 Å². The number of aryl methyl sites for hydroxylation is 2. The molecule has 0 amide bonds. The van der Waals surface area contributed by atoms with E-state index in [9.17, 15) is 14.4 Å². The second-order valence-electron chi connectivity index (χ2n) is 6.32. The van der Waals surface area contributed by atoms with Crippen LogP contribution in [0.25, 0.3) is 11.0 Å². The topological polar surface area (TPSA) is 82.8 Å². The number of fused-ring (bicyclic) bond motifs is 1. The Hall–Kier alpha value is -2.93. The first-order valence-electron chi connectivity index (χ1n) is 8.44. The summed E-state index contributed by atoms with van der Waals surface area (Å²) in [5, 5.41) is 0.601. The van der Waals surface area contributed by atoms with Gasteiger partial charge in [-0.2, -0.15) is 0 Å². The SMILES string of the molecule is CC(=O)c1c(OC(=O)COc2ccc(C)cc2Br)ccc2c(C)cc(=O)oc12. The van der Waals surface area contributed by atoms with Crippen LogP contribution in [0.4, 0.5) is 0 Å². The smallest absolute Gasteiger partial charge is 0.349 e. The minimum atomic E-state index is -0.690. The second kappa shape index (κ2) is 7.98. The van der Waals surface area contributed by atoms with Crippen molar-refractivity contribution in [3.05, 3.63) is 68.0 Å². The van der Waals surface area contributed by atoms with Crippen molar-refractivity contribution in [2.45, 2.75) is 20.8 Å². The molecule has 0 atom stereocenters. The monoisotopic (exact) mass is 444 g/mol. The predicted octanol–water partition coefficient (Wildman–Crippen LogP) is 4.36. The Morgan fingerprint density at radius 2 is 1.79 bits per heavy atom. The van der Waals surface area contributed by atoms with Crippen LogP contribution in [-0.2, 0) is 4.79 Å². The van der Waals surface area contributed by atoms with Gasteiger partial charge in [0.2, 0.25) is 0 Å². The normalized spacial score (nSPS) is 10.7. The fourth-order valence-corrected chi connectivity index (χ4v) is 3.40. The van der Waals surface area contributed by atoms with E-state index in [2.05, 4.69) is 15.9 Å². The van der Waals surface area contributed by atoms with Gasteiger partial charge in [0, 0.05) is 11.5 Å². The van der Waals surface area contributed by atoms with Crippen molar-refractivity contribution in [2.75, 3.05) is 6.61 Å². The van der Waals surface area contributed by atoms with Crippen LogP contribution >= 0.6 is 15.9 Å². The highest BCUT2D eigenvalue weighted by Crippen LogP contribution is 2.30. The van der Waals surface area contributed by atoms with Crippen LogP contribution in [-0.4, -0.2) is 18.4 Å². The van der Waals surface area contributed by atoms with E-state index < -0.39 is 11.6 Å². The Kier molecular flexibility index (Phi) is 5.65. The molecule has 1 heterocycles. The van der Waals surface area contributed by atoms with Crippen LogP contribution in [0.3, 0.4) is 0 Å². The lowest BCUT2D eigenvalue weighted by molar-refractivity contribution is -0.136. The molecular weight excluding hydrogens is 428 g/mol. The van der Waals surface area contributed by atoms with Crippen LogP contribution in [0, 0.1) is 13.8 Å². The highest BCUT2D eigenvalue weighted by Gasteiger charge is 2.20. The number of ketones is 1. The van der Waals surface area contributed by atoms with Gasteiger partial charge in [-0.25, -0.2) is 9.59 Å². The van der Waals surface area contributed by atoms with Gasteiger partial charge >= 0.3 is 11.6 Å². The average Bonchev–Trinajstić information content (AvgIpc) is 2.60. The molecule has 0 aliphatic carbocycles. The number of ether oxygens (including phenoxy) is 2. The average molecular weight is 445 g/mol. The van der Waals surface area contributed by atoms with Gasteiger partial charge in [0.1, 0.15) is 17.1 Å². The second-order valence-corrected chi connectivity index (χ2v) is 7.17. The van der Waals surface area contributed by atoms with Crippen molar-refractivity contribution >= 4 is 38.7 Å². The quantitative estimate of drug-likeness (QED) is 0.251. The van der Waals surface area contributed by atoms with Crippen molar-refractivity contribution in [1.82, 2.24) is 0 Å². The minimum Gasteiger partial charge on any atom is -0.481 e. The van der Waals surface area contributed by atoms with E-state index in [4.69, 9.17) is 13.9 Å². The van der Waals surface area contributed by atoms with Crippen molar-refractivity contribution in [3.8, 4) is 11.5 Å². The first-order chi connectivity index (χ1) is 13.3. The maximum atomic E-state index is 12.2. The number of benzene rings is 2. The number of carbonyl (C=O) groups excluding carboxylic acids is 2. The summed E-state index contributed by atoms with van der Waals surface area (Å²) in [5.74, 6) is -0.562. The molecule has 0 aliphatic rings. The van der Waals surface area contributed by atoms with Crippen molar-refractivity contribution in [1.29, 1.82) is 0 Å². The highest BCUT2D eigenvalue weighted by atomic mass is 79.9. The molecular formula is C21H17BrO6. The Balaban J connectivity index is 1.87. The molecule has 1 aromatic heterocycles. The molecule has 7 heteroatoms. The number of carbonyl (C=O) groups is 2. The molecule has 0 spiro atoms. The van der Waals surface area contributed by atoms with Gasteiger partial charge in [0.05, 0.1) is 4.47 Å². The van der Waals surface area contributed by atoms with Crippen LogP contribution in [0.15, 0.2) is 50.1 Å². The van der Waals surface area contributed by atoms with Crippen LogP contribution in [0.5, 0.6) is 11.5 Å². The lowest BCUT2D eigenvalue weighted by Gasteiger charge is -2.12. The van der Waals surface area contributed by atoms with Crippen LogP contribution < -0.4 is 15.1 Å². The molecule has 6 nitrogen and oxygen atoms in total. The molecule has 0 unspecified atom stereocenters. The van der Waals surface area contributed by atoms with Gasteiger partial charge in [0.25, 0.3) is 0 Å². The zero-order chi connectivity index (χ0) is 20.4. The molecule has 0 aliphatic heterocycles. The van der Waals surface area contributed by atoms with E-state index in [-0.39, 0.29) is 29.3 Å². The summed E-state index contributed by atoms with van der Waals surface area (Å²) in [6.45, 7) is 4.64. The van der Waals surface area contributed by atoms with Crippen molar-refractivity contribution in [3.63, 3.8) is 0 Å². The molecule has 0 N–H and O–H groups in total. The number of Topliss-reactive ketones (excluding diaryl/α,β-unsaturated/α-hetero) is 1. The number of hydrogen-bond acceptors (Lipinski definition) is 6. The first kappa shape index (κ1) is 19.8.